The maximum Gasteiger partial charge on any atom is 0.269 e. The van der Waals surface area contributed by atoms with E-state index < -0.39 is 4.92 Å². The van der Waals surface area contributed by atoms with Gasteiger partial charge in [-0.1, -0.05) is 12.1 Å². The van der Waals surface area contributed by atoms with Crippen LogP contribution in [0.5, 0.6) is 0 Å². The predicted molar refractivity (Wildman–Crippen MR) is 111 cm³/mol. The Labute approximate surface area is 168 Å². The fraction of sp³-hybridized carbons (Fsp3) is 0.318. The number of fused-ring (bicyclic) bond motifs is 1. The fourth-order valence-electron chi connectivity index (χ4n) is 3.82. The van der Waals surface area contributed by atoms with Crippen molar-refractivity contribution >= 4 is 22.4 Å². The molecule has 1 fully saturated rings. The first-order chi connectivity index (χ1) is 14.0. The quantitative estimate of drug-likeness (QED) is 0.393. The number of non-ortho nitro benzene ring substituents is 1. The molecule has 1 aromatic heterocycles. The number of hydrogen-bond acceptors (Lipinski definition) is 5. The highest BCUT2D eigenvalue weighted by Crippen LogP contribution is 2.26. The molecule has 0 saturated carbocycles. The van der Waals surface area contributed by atoms with Crippen LogP contribution in [0.3, 0.4) is 0 Å². The first-order valence-electron chi connectivity index (χ1n) is 9.73. The van der Waals surface area contributed by atoms with Crippen molar-refractivity contribution in [2.24, 2.45) is 0 Å². The number of morpholine rings is 1. The minimum absolute atomic E-state index is 0.0258. The van der Waals surface area contributed by atoms with E-state index in [1.165, 1.54) is 29.8 Å². The minimum atomic E-state index is -0.469. The molecule has 0 atom stereocenters. The van der Waals surface area contributed by atoms with Crippen LogP contribution in [0.4, 0.5) is 5.69 Å². The van der Waals surface area contributed by atoms with Crippen LogP contribution in [0.1, 0.15) is 27.2 Å². The molecule has 3 aromatic rings. The van der Waals surface area contributed by atoms with Gasteiger partial charge in [-0.05, 0) is 37.1 Å². The molecule has 0 radical (unpaired) electrons. The normalized spacial score (nSPS) is 14.9. The third kappa shape index (κ3) is 4.06. The standard InChI is InChI=1S/C22H23N3O4/c1-15-21(22(26)17-3-5-18(6-4-17)25(27)28)19-7-2-16(14-20(19)23-15)8-9-24-10-12-29-13-11-24/h2-7,14,23H,8-13H2,1H3. The van der Waals surface area contributed by atoms with Crippen molar-refractivity contribution in [1.29, 1.82) is 0 Å². The molecule has 2 heterocycles. The van der Waals surface area contributed by atoms with Crippen LogP contribution in [-0.4, -0.2) is 53.4 Å². The van der Waals surface area contributed by atoms with Crippen molar-refractivity contribution in [3.63, 3.8) is 0 Å². The van der Waals surface area contributed by atoms with Gasteiger partial charge in [-0.25, -0.2) is 0 Å². The number of aromatic amines is 1. The second-order valence-electron chi connectivity index (χ2n) is 7.34. The summed E-state index contributed by atoms with van der Waals surface area (Å²) < 4.78 is 5.39. The lowest BCUT2D eigenvalue weighted by Crippen LogP contribution is -2.37. The Hall–Kier alpha value is -3.03. The van der Waals surface area contributed by atoms with Crippen LogP contribution in [-0.2, 0) is 11.2 Å². The summed E-state index contributed by atoms with van der Waals surface area (Å²) in [7, 11) is 0. The molecule has 1 aliphatic heterocycles. The molecule has 7 nitrogen and oxygen atoms in total. The van der Waals surface area contributed by atoms with Crippen LogP contribution in [0.15, 0.2) is 42.5 Å². The van der Waals surface area contributed by atoms with Gasteiger partial charge in [0.05, 0.1) is 23.7 Å². The van der Waals surface area contributed by atoms with E-state index in [2.05, 4.69) is 22.0 Å². The van der Waals surface area contributed by atoms with Gasteiger partial charge in [0.15, 0.2) is 5.78 Å². The monoisotopic (exact) mass is 393 g/mol. The van der Waals surface area contributed by atoms with Crippen molar-refractivity contribution < 1.29 is 14.5 Å². The van der Waals surface area contributed by atoms with Crippen LogP contribution in [0, 0.1) is 17.0 Å². The van der Waals surface area contributed by atoms with Crippen molar-refractivity contribution in [3.05, 3.63) is 75.0 Å². The number of ether oxygens (including phenoxy) is 1. The number of H-pyrrole nitrogens is 1. The highest BCUT2D eigenvalue weighted by Gasteiger charge is 2.19. The number of rotatable bonds is 6. The van der Waals surface area contributed by atoms with Gasteiger partial charge in [-0.2, -0.15) is 0 Å². The number of nitrogens with zero attached hydrogens (tertiary/aromatic N) is 2. The zero-order valence-corrected chi connectivity index (χ0v) is 16.3. The van der Waals surface area contributed by atoms with Gasteiger partial charge >= 0.3 is 0 Å². The van der Waals surface area contributed by atoms with Gasteiger partial charge in [0.2, 0.25) is 0 Å². The Kier molecular flexibility index (Phi) is 5.42. The number of nitrogens with one attached hydrogen (secondary N) is 1. The molecule has 4 rings (SSSR count). The molecule has 1 saturated heterocycles. The maximum atomic E-state index is 13.0. The van der Waals surface area contributed by atoms with Crippen molar-refractivity contribution in [2.75, 3.05) is 32.8 Å². The van der Waals surface area contributed by atoms with E-state index in [0.29, 0.717) is 11.1 Å². The lowest BCUT2D eigenvalue weighted by molar-refractivity contribution is -0.384. The predicted octanol–water partition coefficient (Wildman–Crippen LogP) is 3.49. The van der Waals surface area contributed by atoms with Crippen molar-refractivity contribution in [3.8, 4) is 0 Å². The molecule has 2 aromatic carbocycles. The molecular weight excluding hydrogens is 370 g/mol. The number of nitro groups is 1. The number of benzene rings is 2. The summed E-state index contributed by atoms with van der Waals surface area (Å²) in [5.74, 6) is -0.135. The lowest BCUT2D eigenvalue weighted by Gasteiger charge is -2.26. The molecule has 0 unspecified atom stereocenters. The topological polar surface area (TPSA) is 88.5 Å². The van der Waals surface area contributed by atoms with Crippen LogP contribution >= 0.6 is 0 Å². The number of hydrogen-bond donors (Lipinski definition) is 1. The summed E-state index contributed by atoms with van der Waals surface area (Å²) in [5.41, 5.74) is 3.99. The molecule has 0 aliphatic carbocycles. The summed E-state index contributed by atoms with van der Waals surface area (Å²) in [6.45, 7) is 6.40. The second-order valence-corrected chi connectivity index (χ2v) is 7.34. The molecule has 1 aliphatic rings. The number of carbonyl (C=O) groups excluding carboxylic acids is 1. The summed E-state index contributed by atoms with van der Waals surface area (Å²) in [6.07, 6.45) is 0.944. The fourth-order valence-corrected chi connectivity index (χ4v) is 3.82. The van der Waals surface area contributed by atoms with Gasteiger partial charge < -0.3 is 9.72 Å². The Morgan fingerprint density at radius 3 is 2.59 bits per heavy atom. The number of carbonyl (C=O) groups is 1. The minimum Gasteiger partial charge on any atom is -0.379 e. The van der Waals surface area contributed by atoms with Gasteiger partial charge in [0, 0.05) is 53.9 Å². The van der Waals surface area contributed by atoms with Crippen molar-refractivity contribution in [1.82, 2.24) is 9.88 Å². The highest BCUT2D eigenvalue weighted by molar-refractivity contribution is 6.17. The number of aryl methyl sites for hydroxylation is 1. The summed E-state index contributed by atoms with van der Waals surface area (Å²) in [5, 5.41) is 11.7. The van der Waals surface area contributed by atoms with Crippen LogP contribution in [0.25, 0.3) is 10.9 Å². The molecule has 0 amide bonds. The number of ketones is 1. The summed E-state index contributed by atoms with van der Waals surface area (Å²) >= 11 is 0. The number of nitro benzene ring substituents is 1. The third-order valence-corrected chi connectivity index (χ3v) is 5.44. The van der Waals surface area contributed by atoms with E-state index in [0.717, 1.165) is 55.9 Å². The van der Waals surface area contributed by atoms with Gasteiger partial charge in [0.25, 0.3) is 5.69 Å². The lowest BCUT2D eigenvalue weighted by atomic mass is 9.99. The molecule has 0 bridgehead atoms. The molecule has 150 valence electrons. The number of aromatic nitrogens is 1. The molecule has 0 spiro atoms. The Balaban J connectivity index is 1.56. The van der Waals surface area contributed by atoms with Crippen LogP contribution < -0.4 is 0 Å². The Morgan fingerprint density at radius 2 is 1.90 bits per heavy atom. The van der Waals surface area contributed by atoms with Gasteiger partial charge in [-0.3, -0.25) is 19.8 Å². The van der Waals surface area contributed by atoms with E-state index in [9.17, 15) is 14.9 Å². The summed E-state index contributed by atoms with van der Waals surface area (Å²) in [4.78, 5) is 29.1. The summed E-state index contributed by atoms with van der Waals surface area (Å²) in [6, 6.07) is 11.9. The van der Waals surface area contributed by atoms with Crippen LogP contribution in [0.2, 0.25) is 0 Å². The first-order valence-corrected chi connectivity index (χ1v) is 9.73. The third-order valence-electron chi connectivity index (χ3n) is 5.44. The van der Waals surface area contributed by atoms with Crippen molar-refractivity contribution in [2.45, 2.75) is 13.3 Å². The molecule has 29 heavy (non-hydrogen) atoms. The average molecular weight is 393 g/mol. The second kappa shape index (κ2) is 8.14. The van der Waals surface area contributed by atoms with E-state index in [4.69, 9.17) is 4.74 Å². The van der Waals surface area contributed by atoms with E-state index >= 15 is 0 Å². The van der Waals surface area contributed by atoms with E-state index in [-0.39, 0.29) is 11.5 Å². The first kappa shape index (κ1) is 19.3. The Bertz CT molecular complexity index is 1050. The Morgan fingerprint density at radius 1 is 1.17 bits per heavy atom. The van der Waals surface area contributed by atoms with E-state index in [1.54, 1.807) is 0 Å². The molecule has 1 N–H and O–H groups in total. The maximum absolute atomic E-state index is 13.0. The van der Waals surface area contributed by atoms with Gasteiger partial charge in [-0.15, -0.1) is 0 Å². The largest absolute Gasteiger partial charge is 0.379 e. The SMILES string of the molecule is Cc1[nH]c2cc(CCN3CCOCC3)ccc2c1C(=O)c1ccc([N+](=O)[O-])cc1. The molecular formula is C22H23N3O4. The zero-order chi connectivity index (χ0) is 20.4. The van der Waals surface area contributed by atoms with E-state index in [1.807, 2.05) is 13.0 Å². The van der Waals surface area contributed by atoms with Gasteiger partial charge in [0.1, 0.15) is 0 Å². The smallest absolute Gasteiger partial charge is 0.269 e. The molecule has 7 heteroatoms. The highest BCUT2D eigenvalue weighted by atomic mass is 16.6. The average Bonchev–Trinajstić information content (AvgIpc) is 3.07. The zero-order valence-electron chi connectivity index (χ0n) is 16.3.